The van der Waals surface area contributed by atoms with Gasteiger partial charge in [-0.25, -0.2) is 0 Å². The molecule has 1 aliphatic rings. The second kappa shape index (κ2) is 7.05. The van der Waals surface area contributed by atoms with Crippen molar-refractivity contribution in [2.75, 3.05) is 6.61 Å². The molecule has 3 heteroatoms. The van der Waals surface area contributed by atoms with Gasteiger partial charge in [0.2, 0.25) is 0 Å². The van der Waals surface area contributed by atoms with E-state index in [2.05, 4.69) is 38.1 Å². The average Bonchev–Trinajstić information content (AvgIpc) is 3.02. The largest absolute Gasteiger partial charge is 0.489 e. The predicted molar refractivity (Wildman–Crippen MR) is 92.9 cm³/mol. The fraction of sp³-hybridized carbons (Fsp3) is 0.400. The van der Waals surface area contributed by atoms with E-state index < -0.39 is 0 Å². The summed E-state index contributed by atoms with van der Waals surface area (Å²) in [6.07, 6.45) is 1.81. The molecule has 0 amide bonds. The van der Waals surface area contributed by atoms with Crippen LogP contribution in [-0.4, -0.2) is 12.6 Å². The fourth-order valence-electron chi connectivity index (χ4n) is 2.80. The molecule has 0 aliphatic carbocycles. The topological polar surface area (TPSA) is 44.5 Å². The van der Waals surface area contributed by atoms with Crippen molar-refractivity contribution >= 4 is 0 Å². The Labute approximate surface area is 138 Å². The summed E-state index contributed by atoms with van der Waals surface area (Å²) >= 11 is 0. The van der Waals surface area contributed by atoms with E-state index in [1.807, 2.05) is 18.2 Å². The van der Waals surface area contributed by atoms with E-state index in [0.29, 0.717) is 12.5 Å². The number of hydrogen-bond acceptors (Lipinski definition) is 3. The van der Waals surface area contributed by atoms with Crippen molar-refractivity contribution in [1.29, 1.82) is 0 Å². The van der Waals surface area contributed by atoms with Gasteiger partial charge in [0.25, 0.3) is 0 Å². The van der Waals surface area contributed by atoms with Gasteiger partial charge in [-0.15, -0.1) is 0 Å². The van der Waals surface area contributed by atoms with Crippen molar-refractivity contribution in [3.8, 4) is 11.5 Å². The fourth-order valence-corrected chi connectivity index (χ4v) is 2.80. The highest BCUT2D eigenvalue weighted by molar-refractivity contribution is 5.51. The van der Waals surface area contributed by atoms with Crippen LogP contribution in [0.5, 0.6) is 11.5 Å². The molecular weight excluding hydrogens is 286 g/mol. The molecule has 0 spiro atoms. The van der Waals surface area contributed by atoms with Crippen molar-refractivity contribution < 1.29 is 9.47 Å². The predicted octanol–water partition coefficient (Wildman–Crippen LogP) is 3.73. The minimum Gasteiger partial charge on any atom is -0.489 e. The van der Waals surface area contributed by atoms with Crippen LogP contribution in [0.1, 0.15) is 30.5 Å². The Kier molecular flexibility index (Phi) is 4.87. The molecule has 122 valence electrons. The van der Waals surface area contributed by atoms with Crippen LogP contribution in [0.15, 0.2) is 42.5 Å². The van der Waals surface area contributed by atoms with Crippen molar-refractivity contribution in [1.82, 2.24) is 0 Å². The normalized spacial score (nSPS) is 14.4. The first-order valence-electron chi connectivity index (χ1n) is 8.34. The third-order valence-corrected chi connectivity index (χ3v) is 4.37. The van der Waals surface area contributed by atoms with Crippen LogP contribution in [-0.2, 0) is 19.4 Å². The highest BCUT2D eigenvalue weighted by atomic mass is 16.5. The number of ether oxygens (including phenoxy) is 2. The van der Waals surface area contributed by atoms with Gasteiger partial charge in [0.15, 0.2) is 11.5 Å². The van der Waals surface area contributed by atoms with Gasteiger partial charge in [-0.05, 0) is 29.5 Å². The zero-order chi connectivity index (χ0) is 16.2. The molecule has 2 aromatic rings. The smallest absolute Gasteiger partial charge is 0.164 e. The monoisotopic (exact) mass is 311 g/mol. The Bertz CT molecular complexity index is 652. The molecule has 1 unspecified atom stereocenters. The Morgan fingerprint density at radius 1 is 1.13 bits per heavy atom. The third kappa shape index (κ3) is 3.85. The molecule has 2 N–H and O–H groups in total. The van der Waals surface area contributed by atoms with Crippen LogP contribution in [0.3, 0.4) is 0 Å². The van der Waals surface area contributed by atoms with Gasteiger partial charge >= 0.3 is 0 Å². The summed E-state index contributed by atoms with van der Waals surface area (Å²) in [6, 6.07) is 14.7. The summed E-state index contributed by atoms with van der Waals surface area (Å²) in [7, 11) is 0. The molecular formula is C20H25NO2. The molecule has 0 saturated heterocycles. The summed E-state index contributed by atoms with van der Waals surface area (Å²) in [5.41, 5.74) is 9.87. The molecule has 0 bridgehead atoms. The summed E-state index contributed by atoms with van der Waals surface area (Å²) in [5.74, 6) is 2.21. The second-order valence-corrected chi connectivity index (χ2v) is 6.57. The van der Waals surface area contributed by atoms with E-state index in [0.717, 1.165) is 36.5 Å². The molecule has 2 aromatic carbocycles. The van der Waals surface area contributed by atoms with E-state index in [4.69, 9.17) is 15.2 Å². The molecule has 0 fully saturated rings. The van der Waals surface area contributed by atoms with E-state index in [-0.39, 0.29) is 6.04 Å². The molecule has 3 rings (SSSR count). The van der Waals surface area contributed by atoms with Gasteiger partial charge in [-0.3, -0.25) is 0 Å². The van der Waals surface area contributed by atoms with Crippen molar-refractivity contribution in [2.24, 2.45) is 11.7 Å². The van der Waals surface area contributed by atoms with Crippen molar-refractivity contribution in [2.45, 2.75) is 39.3 Å². The quantitative estimate of drug-likeness (QED) is 0.884. The molecule has 0 aromatic heterocycles. The first-order chi connectivity index (χ1) is 11.1. The third-order valence-electron chi connectivity index (χ3n) is 4.37. The Hall–Kier alpha value is -2.00. The summed E-state index contributed by atoms with van der Waals surface area (Å²) in [4.78, 5) is 0. The molecule has 3 nitrogen and oxygen atoms in total. The van der Waals surface area contributed by atoms with E-state index >= 15 is 0 Å². The molecule has 0 saturated carbocycles. The number of nitrogens with two attached hydrogens (primary N) is 1. The molecule has 1 atom stereocenters. The molecule has 1 heterocycles. The van der Waals surface area contributed by atoms with Crippen LogP contribution >= 0.6 is 0 Å². The van der Waals surface area contributed by atoms with E-state index in [9.17, 15) is 0 Å². The lowest BCUT2D eigenvalue weighted by Gasteiger charge is -2.17. The standard InChI is InChI=1S/C20H25NO2/c1-14(2)18(21)11-16-10-17-8-9-22-20(17)19(12-16)23-13-15-6-4-3-5-7-15/h3-7,10,12,14,18H,8-9,11,13,21H2,1-2H3. The SMILES string of the molecule is CC(C)C(N)Cc1cc2c(c(OCc3ccccc3)c1)OCC2. The number of benzene rings is 2. The van der Waals surface area contributed by atoms with Crippen molar-refractivity contribution in [3.05, 3.63) is 59.2 Å². The maximum atomic E-state index is 6.24. The van der Waals surface area contributed by atoms with Crippen LogP contribution in [0.25, 0.3) is 0 Å². The number of hydrogen-bond donors (Lipinski definition) is 1. The van der Waals surface area contributed by atoms with Gasteiger partial charge in [-0.2, -0.15) is 0 Å². The first-order valence-corrected chi connectivity index (χ1v) is 8.34. The van der Waals surface area contributed by atoms with Gasteiger partial charge < -0.3 is 15.2 Å². The minimum absolute atomic E-state index is 0.164. The minimum atomic E-state index is 0.164. The Balaban J connectivity index is 1.79. The van der Waals surface area contributed by atoms with Gasteiger partial charge in [0, 0.05) is 18.0 Å². The highest BCUT2D eigenvalue weighted by Crippen LogP contribution is 2.37. The van der Waals surface area contributed by atoms with E-state index in [1.165, 1.54) is 11.1 Å². The number of rotatable bonds is 6. The van der Waals surface area contributed by atoms with Gasteiger partial charge in [0.1, 0.15) is 6.61 Å². The van der Waals surface area contributed by atoms with Crippen LogP contribution in [0.2, 0.25) is 0 Å². The lowest BCUT2D eigenvalue weighted by atomic mass is 9.95. The zero-order valence-electron chi connectivity index (χ0n) is 13.9. The van der Waals surface area contributed by atoms with E-state index in [1.54, 1.807) is 0 Å². The highest BCUT2D eigenvalue weighted by Gasteiger charge is 2.20. The van der Waals surface area contributed by atoms with Crippen LogP contribution in [0.4, 0.5) is 0 Å². The van der Waals surface area contributed by atoms with Crippen molar-refractivity contribution in [3.63, 3.8) is 0 Å². The van der Waals surface area contributed by atoms with Crippen LogP contribution in [0, 0.1) is 5.92 Å². The maximum absolute atomic E-state index is 6.24. The summed E-state index contributed by atoms with van der Waals surface area (Å²) in [6.45, 7) is 5.61. The Morgan fingerprint density at radius 3 is 2.65 bits per heavy atom. The lowest BCUT2D eigenvalue weighted by Crippen LogP contribution is -2.28. The average molecular weight is 311 g/mol. The van der Waals surface area contributed by atoms with Gasteiger partial charge in [0.05, 0.1) is 6.61 Å². The lowest BCUT2D eigenvalue weighted by molar-refractivity contribution is 0.277. The Morgan fingerprint density at radius 2 is 1.91 bits per heavy atom. The summed E-state index contributed by atoms with van der Waals surface area (Å²) < 4.78 is 11.8. The molecule has 1 aliphatic heterocycles. The first kappa shape index (κ1) is 15.9. The number of fused-ring (bicyclic) bond motifs is 1. The van der Waals surface area contributed by atoms with Gasteiger partial charge in [-0.1, -0.05) is 50.2 Å². The summed E-state index contributed by atoms with van der Waals surface area (Å²) in [5, 5.41) is 0. The maximum Gasteiger partial charge on any atom is 0.164 e. The van der Waals surface area contributed by atoms with Crippen LogP contribution < -0.4 is 15.2 Å². The second-order valence-electron chi connectivity index (χ2n) is 6.57. The molecule has 23 heavy (non-hydrogen) atoms. The zero-order valence-corrected chi connectivity index (χ0v) is 13.9. The molecule has 0 radical (unpaired) electrons.